The number of nitrogens with zero attached hydrogens (tertiary/aromatic N) is 1. The van der Waals surface area contributed by atoms with E-state index in [1.165, 1.54) is 22.0 Å². The number of hydrogen-bond donors (Lipinski definition) is 1. The highest BCUT2D eigenvalue weighted by atomic mass is 31.1. The Balaban J connectivity index is 2.67. The Morgan fingerprint density at radius 1 is 1.03 bits per heavy atom. The van der Waals surface area contributed by atoms with Crippen molar-refractivity contribution in [3.05, 3.63) is 58.1 Å². The molecule has 0 aliphatic heterocycles. The largest absolute Gasteiger partial charge is 0.507 e. The Kier molecular flexibility index (Phi) is 8.51. The Morgan fingerprint density at radius 3 is 2.26 bits per heavy atom. The Morgan fingerprint density at radius 2 is 1.68 bits per heavy atom. The van der Waals surface area contributed by atoms with Gasteiger partial charge < -0.3 is 5.11 Å². The molecule has 1 N–H and O–H groups in total. The molecule has 2 aromatic carbocycles. The molecule has 0 fully saturated rings. The second kappa shape index (κ2) is 10.3. The predicted octanol–water partition coefficient (Wildman–Crippen LogP) is 7.40. The smallest absolute Gasteiger partial charge is 0.123 e. The van der Waals surface area contributed by atoms with Crippen LogP contribution in [-0.4, -0.2) is 18.4 Å². The van der Waals surface area contributed by atoms with Crippen molar-refractivity contribution in [3.8, 4) is 5.75 Å². The topological polar surface area (TPSA) is 32.6 Å². The van der Waals surface area contributed by atoms with E-state index in [2.05, 4.69) is 90.7 Å². The number of hydrogen-bond acceptors (Lipinski definition) is 2. The molecule has 0 saturated heterocycles. The van der Waals surface area contributed by atoms with Gasteiger partial charge in [-0.3, -0.25) is 4.99 Å². The van der Waals surface area contributed by atoms with Crippen molar-refractivity contribution < 1.29 is 5.11 Å². The van der Waals surface area contributed by atoms with Gasteiger partial charge in [0.15, 0.2) is 0 Å². The van der Waals surface area contributed by atoms with Crippen molar-refractivity contribution in [2.75, 3.05) is 7.05 Å². The van der Waals surface area contributed by atoms with Crippen LogP contribution in [0.25, 0.3) is 0 Å². The summed E-state index contributed by atoms with van der Waals surface area (Å²) in [6.45, 7) is 17.9. The Hall–Kier alpha value is -1.66. The third-order valence-corrected chi connectivity index (χ3v) is 8.82. The van der Waals surface area contributed by atoms with E-state index in [1.807, 2.05) is 13.3 Å². The van der Waals surface area contributed by atoms with Crippen molar-refractivity contribution in [1.29, 1.82) is 0 Å². The summed E-state index contributed by atoms with van der Waals surface area (Å²) >= 11 is 0. The lowest BCUT2D eigenvalue weighted by Gasteiger charge is -2.37. The zero-order valence-corrected chi connectivity index (χ0v) is 22.1. The zero-order chi connectivity index (χ0) is 23.4. The first-order valence-electron chi connectivity index (χ1n) is 11.7. The summed E-state index contributed by atoms with van der Waals surface area (Å²) in [5.41, 5.74) is 5.76. The molecular weight excluding hydrogens is 397 g/mol. The highest BCUT2D eigenvalue weighted by Crippen LogP contribution is 2.51. The van der Waals surface area contributed by atoms with E-state index in [-0.39, 0.29) is 10.6 Å². The fraction of sp³-hybridized carbons (Fsp3) is 0.536. The van der Waals surface area contributed by atoms with Gasteiger partial charge in [-0.25, -0.2) is 0 Å². The molecule has 2 aromatic rings. The zero-order valence-electron chi connectivity index (χ0n) is 21.1. The van der Waals surface area contributed by atoms with Gasteiger partial charge in [-0.05, 0) is 48.5 Å². The maximum atomic E-state index is 11.6. The maximum Gasteiger partial charge on any atom is 0.123 e. The van der Waals surface area contributed by atoms with Gasteiger partial charge in [0.05, 0.1) is 0 Å². The second-order valence-electron chi connectivity index (χ2n) is 9.92. The monoisotopic (exact) mass is 439 g/mol. The molecule has 0 heterocycles. The second-order valence-corrected chi connectivity index (χ2v) is 11.8. The molecule has 3 atom stereocenters. The van der Waals surface area contributed by atoms with Gasteiger partial charge >= 0.3 is 0 Å². The standard InChI is InChI=1S/C28H42NOP/c1-10-14-28(8,31-25-13-12-19(3)15-22(25)18-29-9)24-17-20(4)16-23(26(24)30)27(6,7)21(5)11-2/h12-13,15-18,21,30-31H,10-11,14H2,1-9H3/b29-18+. The van der Waals surface area contributed by atoms with E-state index < -0.39 is 0 Å². The van der Waals surface area contributed by atoms with Crippen LogP contribution in [0.3, 0.4) is 0 Å². The number of rotatable bonds is 9. The Labute approximate surface area is 192 Å². The molecule has 31 heavy (non-hydrogen) atoms. The quantitative estimate of drug-likeness (QED) is 0.320. The van der Waals surface area contributed by atoms with Crippen LogP contribution in [0, 0.1) is 19.8 Å². The number of aryl methyl sites for hydroxylation is 2. The van der Waals surface area contributed by atoms with Gasteiger partial charge in [-0.15, -0.1) is 0 Å². The molecule has 0 radical (unpaired) electrons. The average Bonchev–Trinajstić information content (AvgIpc) is 2.71. The summed E-state index contributed by atoms with van der Waals surface area (Å²) in [6.07, 6.45) is 5.16. The van der Waals surface area contributed by atoms with Crippen molar-refractivity contribution in [1.82, 2.24) is 0 Å². The average molecular weight is 440 g/mol. The molecule has 0 aliphatic carbocycles. The van der Waals surface area contributed by atoms with Gasteiger partial charge in [0.2, 0.25) is 0 Å². The number of phenolic OH excluding ortho intramolecular Hbond substituents is 1. The van der Waals surface area contributed by atoms with Crippen LogP contribution in [0.5, 0.6) is 5.75 Å². The first kappa shape index (κ1) is 25.6. The summed E-state index contributed by atoms with van der Waals surface area (Å²) in [5, 5.41) is 12.8. The number of aromatic hydroxyl groups is 1. The van der Waals surface area contributed by atoms with Crippen molar-refractivity contribution >= 4 is 20.1 Å². The first-order chi connectivity index (χ1) is 14.5. The van der Waals surface area contributed by atoms with Crippen LogP contribution in [0.15, 0.2) is 35.3 Å². The van der Waals surface area contributed by atoms with E-state index in [0.29, 0.717) is 20.2 Å². The van der Waals surface area contributed by atoms with E-state index in [9.17, 15) is 5.11 Å². The third-order valence-electron chi connectivity index (χ3n) is 7.02. The molecule has 2 rings (SSSR count). The molecule has 170 valence electrons. The summed E-state index contributed by atoms with van der Waals surface area (Å²) in [6, 6.07) is 11.1. The first-order valence-corrected chi connectivity index (χ1v) is 12.7. The lowest BCUT2D eigenvalue weighted by Crippen LogP contribution is -2.28. The SMILES string of the molecule is CCCC(C)(Pc1ccc(C)cc1/C=N/C)c1cc(C)cc(C(C)(C)C(C)CC)c1O. The maximum absolute atomic E-state index is 11.6. The van der Waals surface area contributed by atoms with Crippen molar-refractivity contribution in [2.45, 2.75) is 85.2 Å². The fourth-order valence-electron chi connectivity index (χ4n) is 4.57. The summed E-state index contributed by atoms with van der Waals surface area (Å²) < 4.78 is 0. The molecule has 3 unspecified atom stereocenters. The van der Waals surface area contributed by atoms with Crippen molar-refractivity contribution in [2.24, 2.45) is 10.9 Å². The van der Waals surface area contributed by atoms with Gasteiger partial charge in [0.25, 0.3) is 0 Å². The number of phenols is 1. The van der Waals surface area contributed by atoms with E-state index >= 15 is 0 Å². The minimum absolute atomic E-state index is 0.0836. The lowest BCUT2D eigenvalue weighted by atomic mass is 9.71. The number of aliphatic imine (C=N–C) groups is 1. The molecular formula is C28H42NOP. The van der Waals surface area contributed by atoms with Crippen LogP contribution in [0.2, 0.25) is 0 Å². The molecule has 0 amide bonds. The minimum Gasteiger partial charge on any atom is -0.507 e. The Bertz CT molecular complexity index is 931. The molecule has 0 aliphatic rings. The van der Waals surface area contributed by atoms with E-state index in [4.69, 9.17) is 0 Å². The number of benzene rings is 2. The fourth-order valence-corrected chi connectivity index (χ4v) is 6.31. The minimum atomic E-state index is -0.128. The molecule has 0 spiro atoms. The molecule has 0 aromatic heterocycles. The highest BCUT2D eigenvalue weighted by Gasteiger charge is 2.35. The summed E-state index contributed by atoms with van der Waals surface area (Å²) in [5.74, 6) is 0.981. The van der Waals surface area contributed by atoms with E-state index in [0.717, 1.165) is 30.4 Å². The van der Waals surface area contributed by atoms with Gasteiger partial charge in [-0.1, -0.05) is 98.4 Å². The van der Waals surface area contributed by atoms with Crippen LogP contribution in [-0.2, 0) is 10.6 Å². The van der Waals surface area contributed by atoms with Crippen LogP contribution in [0.4, 0.5) is 0 Å². The molecule has 0 saturated carbocycles. The van der Waals surface area contributed by atoms with Crippen LogP contribution >= 0.6 is 8.58 Å². The predicted molar refractivity (Wildman–Crippen MR) is 140 cm³/mol. The summed E-state index contributed by atoms with van der Waals surface area (Å²) in [4.78, 5) is 4.29. The van der Waals surface area contributed by atoms with Gasteiger partial charge in [0.1, 0.15) is 5.75 Å². The molecule has 3 heteroatoms. The summed E-state index contributed by atoms with van der Waals surface area (Å²) in [7, 11) is 2.38. The normalized spacial score (nSPS) is 15.6. The third kappa shape index (κ3) is 5.58. The highest BCUT2D eigenvalue weighted by molar-refractivity contribution is 7.48. The van der Waals surface area contributed by atoms with Gasteiger partial charge in [0, 0.05) is 29.5 Å². The van der Waals surface area contributed by atoms with E-state index in [1.54, 1.807) is 0 Å². The van der Waals surface area contributed by atoms with Crippen LogP contribution in [0.1, 0.15) is 88.6 Å². The lowest BCUT2D eigenvalue weighted by molar-refractivity contribution is 0.319. The van der Waals surface area contributed by atoms with Crippen LogP contribution < -0.4 is 5.30 Å². The van der Waals surface area contributed by atoms with Crippen molar-refractivity contribution in [3.63, 3.8) is 0 Å². The molecule has 2 nitrogen and oxygen atoms in total. The van der Waals surface area contributed by atoms with Gasteiger partial charge in [-0.2, -0.15) is 0 Å². The molecule has 0 bridgehead atoms.